The van der Waals surface area contributed by atoms with Gasteiger partial charge in [-0.3, -0.25) is 14.9 Å². The number of nitro benzene ring substituents is 1. The predicted octanol–water partition coefficient (Wildman–Crippen LogP) is 2.71. The van der Waals surface area contributed by atoms with Crippen molar-refractivity contribution in [2.75, 3.05) is 11.9 Å². The topological polar surface area (TPSA) is 112 Å². The van der Waals surface area contributed by atoms with E-state index in [2.05, 4.69) is 15.6 Å². The van der Waals surface area contributed by atoms with Gasteiger partial charge in [0.15, 0.2) is 6.61 Å². The van der Waals surface area contributed by atoms with Gasteiger partial charge in [0.05, 0.1) is 4.92 Å². The fourth-order valence-corrected chi connectivity index (χ4v) is 2.37. The third kappa shape index (κ3) is 3.78. The largest absolute Gasteiger partial charge is 0.385 e. The summed E-state index contributed by atoms with van der Waals surface area (Å²) in [4.78, 5) is 28.5. The van der Waals surface area contributed by atoms with Crippen molar-refractivity contribution in [3.05, 3.63) is 56.6 Å². The molecule has 0 aliphatic carbocycles. The Morgan fingerprint density at radius 1 is 1.28 bits per heavy atom. The number of fused-ring (bicyclic) bond motifs is 1. The van der Waals surface area contributed by atoms with Crippen molar-refractivity contribution < 1.29 is 14.6 Å². The number of amides is 1. The van der Waals surface area contributed by atoms with Crippen LogP contribution in [0.15, 0.2) is 36.4 Å². The number of benzene rings is 2. The molecule has 1 aromatic heterocycles. The number of nitro groups is 1. The predicted molar refractivity (Wildman–Crippen MR) is 90.7 cm³/mol. The average Bonchev–Trinajstić information content (AvgIpc) is 2.96. The molecule has 9 nitrogen and oxygen atoms in total. The summed E-state index contributed by atoms with van der Waals surface area (Å²) in [7, 11) is 0. The minimum Gasteiger partial charge on any atom is -0.385 e. The van der Waals surface area contributed by atoms with Gasteiger partial charge >= 0.3 is 0 Å². The van der Waals surface area contributed by atoms with Gasteiger partial charge in [-0.05, 0) is 35.5 Å². The molecule has 0 atom stereocenters. The molecule has 0 bridgehead atoms. The van der Waals surface area contributed by atoms with Crippen molar-refractivity contribution in [1.29, 1.82) is 0 Å². The zero-order chi connectivity index (χ0) is 18.0. The highest BCUT2D eigenvalue weighted by Gasteiger charge is 2.14. The second kappa shape index (κ2) is 6.91. The summed E-state index contributed by atoms with van der Waals surface area (Å²) >= 11 is 11.6. The number of aromatic nitrogens is 3. The molecule has 0 unspecified atom stereocenters. The van der Waals surface area contributed by atoms with Gasteiger partial charge < -0.3 is 10.2 Å². The molecule has 3 aromatic rings. The van der Waals surface area contributed by atoms with Gasteiger partial charge in [0, 0.05) is 16.8 Å². The number of nitrogens with one attached hydrogen (secondary N) is 1. The highest BCUT2D eigenvalue weighted by molar-refractivity contribution is 6.32. The normalized spacial score (nSPS) is 10.6. The molecule has 1 N–H and O–H groups in total. The van der Waals surface area contributed by atoms with Gasteiger partial charge in [-0.25, -0.2) is 0 Å². The lowest BCUT2D eigenvalue weighted by atomic mass is 10.3. The van der Waals surface area contributed by atoms with E-state index in [-0.39, 0.29) is 23.0 Å². The van der Waals surface area contributed by atoms with Crippen LogP contribution in [0.5, 0.6) is 0 Å². The Hall–Kier alpha value is -2.91. The Labute approximate surface area is 150 Å². The quantitative estimate of drug-likeness (QED) is 0.536. The highest BCUT2D eigenvalue weighted by atomic mass is 35.5. The van der Waals surface area contributed by atoms with Crippen molar-refractivity contribution in [1.82, 2.24) is 15.2 Å². The van der Waals surface area contributed by atoms with E-state index in [4.69, 9.17) is 28.0 Å². The molecule has 0 aliphatic rings. The summed E-state index contributed by atoms with van der Waals surface area (Å²) in [6, 6.07) is 8.84. The second-order valence-electron chi connectivity index (χ2n) is 4.84. The van der Waals surface area contributed by atoms with Gasteiger partial charge in [-0.1, -0.05) is 28.0 Å². The molecule has 0 aliphatic heterocycles. The summed E-state index contributed by atoms with van der Waals surface area (Å²) in [5.74, 6) is -0.540. The Balaban J connectivity index is 1.67. The molecule has 0 spiro atoms. The molecule has 1 heterocycles. The van der Waals surface area contributed by atoms with Gasteiger partial charge in [-0.2, -0.15) is 0 Å². The zero-order valence-electron chi connectivity index (χ0n) is 12.3. The van der Waals surface area contributed by atoms with Crippen LogP contribution in [-0.2, 0) is 4.79 Å². The van der Waals surface area contributed by atoms with E-state index in [1.165, 1.54) is 12.1 Å². The summed E-state index contributed by atoms with van der Waals surface area (Å²) < 4.78 is 0. The third-order valence-corrected chi connectivity index (χ3v) is 3.68. The van der Waals surface area contributed by atoms with Crippen LogP contribution in [0.2, 0.25) is 10.0 Å². The van der Waals surface area contributed by atoms with Crippen LogP contribution >= 0.6 is 23.2 Å². The molecule has 3 rings (SSSR count). The van der Waals surface area contributed by atoms with Crippen molar-refractivity contribution >= 4 is 51.5 Å². The Bertz CT molecular complexity index is 975. The number of rotatable bonds is 5. The first-order chi connectivity index (χ1) is 11.9. The lowest BCUT2D eigenvalue weighted by Crippen LogP contribution is -2.26. The highest BCUT2D eigenvalue weighted by Crippen LogP contribution is 2.27. The van der Waals surface area contributed by atoms with Crippen LogP contribution in [-0.4, -0.2) is 32.6 Å². The second-order valence-corrected chi connectivity index (χ2v) is 5.68. The first-order valence-corrected chi connectivity index (χ1v) is 7.57. The monoisotopic (exact) mass is 381 g/mol. The smallest absolute Gasteiger partial charge is 0.289 e. The van der Waals surface area contributed by atoms with Gasteiger partial charge in [0.1, 0.15) is 16.1 Å². The molecule has 128 valence electrons. The van der Waals surface area contributed by atoms with Crippen LogP contribution < -0.4 is 10.2 Å². The first kappa shape index (κ1) is 16.9. The molecule has 25 heavy (non-hydrogen) atoms. The maximum Gasteiger partial charge on any atom is 0.289 e. The fraction of sp³-hybridized carbons (Fsp3) is 0.0714. The van der Waals surface area contributed by atoms with Gasteiger partial charge in [0.2, 0.25) is 0 Å². The number of hydrogen-bond donors (Lipinski definition) is 1. The Morgan fingerprint density at radius 2 is 2.08 bits per heavy atom. The van der Waals surface area contributed by atoms with E-state index in [0.29, 0.717) is 16.1 Å². The SMILES string of the molecule is O=C(COn1nnc2ccc(Cl)cc21)Nc1ccc(Cl)c([N+](=O)[O-])c1. The minimum absolute atomic E-state index is 0.0230. The number of anilines is 1. The number of carbonyl (C=O) groups is 1. The van der Waals surface area contributed by atoms with E-state index in [1.807, 2.05) is 0 Å². The number of nitrogens with zero attached hydrogens (tertiary/aromatic N) is 4. The number of halogens is 2. The Kier molecular flexibility index (Phi) is 4.68. The molecule has 2 aromatic carbocycles. The third-order valence-electron chi connectivity index (χ3n) is 3.12. The average molecular weight is 382 g/mol. The molecule has 1 amide bonds. The molecular formula is C14H9Cl2N5O4. The van der Waals surface area contributed by atoms with E-state index >= 15 is 0 Å². The van der Waals surface area contributed by atoms with Crippen molar-refractivity contribution in [3.63, 3.8) is 0 Å². The Morgan fingerprint density at radius 3 is 2.84 bits per heavy atom. The van der Waals surface area contributed by atoms with Gasteiger partial charge in [-0.15, -0.1) is 5.10 Å². The first-order valence-electron chi connectivity index (χ1n) is 6.82. The number of carbonyl (C=O) groups excluding carboxylic acids is 1. The number of hydrogen-bond acceptors (Lipinski definition) is 6. The summed E-state index contributed by atoms with van der Waals surface area (Å²) in [6.07, 6.45) is 0. The van der Waals surface area contributed by atoms with E-state index in [9.17, 15) is 14.9 Å². The van der Waals surface area contributed by atoms with Crippen LogP contribution in [0.4, 0.5) is 11.4 Å². The van der Waals surface area contributed by atoms with Crippen molar-refractivity contribution in [2.45, 2.75) is 0 Å². The van der Waals surface area contributed by atoms with E-state index < -0.39 is 10.8 Å². The molecular weight excluding hydrogens is 373 g/mol. The lowest BCUT2D eigenvalue weighted by molar-refractivity contribution is -0.384. The maximum atomic E-state index is 12.0. The van der Waals surface area contributed by atoms with Gasteiger partial charge in [0.25, 0.3) is 11.6 Å². The maximum absolute atomic E-state index is 12.0. The van der Waals surface area contributed by atoms with Crippen LogP contribution in [0, 0.1) is 10.1 Å². The molecule has 11 heteroatoms. The van der Waals surface area contributed by atoms with Crippen LogP contribution in [0.25, 0.3) is 11.0 Å². The molecule has 0 fully saturated rings. The van der Waals surface area contributed by atoms with E-state index in [1.54, 1.807) is 18.2 Å². The molecule has 0 saturated heterocycles. The van der Waals surface area contributed by atoms with Crippen molar-refractivity contribution in [3.8, 4) is 0 Å². The van der Waals surface area contributed by atoms with E-state index in [0.717, 1.165) is 10.9 Å². The van der Waals surface area contributed by atoms with Crippen LogP contribution in [0.3, 0.4) is 0 Å². The zero-order valence-corrected chi connectivity index (χ0v) is 13.9. The van der Waals surface area contributed by atoms with Crippen molar-refractivity contribution in [2.24, 2.45) is 0 Å². The summed E-state index contributed by atoms with van der Waals surface area (Å²) in [6.45, 7) is -0.388. The van der Waals surface area contributed by atoms with Crippen LogP contribution in [0.1, 0.15) is 0 Å². The minimum atomic E-state index is -0.639. The summed E-state index contributed by atoms with van der Waals surface area (Å²) in [5, 5.41) is 21.4. The standard InChI is InChI=1S/C14H9Cl2N5O4/c15-8-1-4-11-13(5-8)20(19-18-11)25-7-14(22)17-9-2-3-10(16)12(6-9)21(23)24/h1-6H,7H2,(H,17,22). The fourth-order valence-electron chi connectivity index (χ4n) is 2.01. The molecule has 0 radical (unpaired) electrons. The lowest BCUT2D eigenvalue weighted by Gasteiger charge is -2.07. The molecule has 0 saturated carbocycles. The summed E-state index contributed by atoms with van der Waals surface area (Å²) in [5.41, 5.74) is 0.967.